The molecular formula is C17H22N4O. The van der Waals surface area contributed by atoms with Crippen molar-refractivity contribution in [1.29, 1.82) is 0 Å². The van der Waals surface area contributed by atoms with Crippen LogP contribution in [-0.4, -0.2) is 33.0 Å². The topological polar surface area (TPSA) is 55.7 Å². The summed E-state index contributed by atoms with van der Waals surface area (Å²) in [6, 6.07) is 6.31. The van der Waals surface area contributed by atoms with Gasteiger partial charge in [-0.15, -0.1) is 0 Å². The number of benzene rings is 1. The summed E-state index contributed by atoms with van der Waals surface area (Å²) in [6.45, 7) is 7.62. The Bertz CT molecular complexity index is 800. The number of aromatic nitrogens is 4. The summed E-state index contributed by atoms with van der Waals surface area (Å²) in [6.07, 6.45) is 0.737. The third kappa shape index (κ3) is 2.52. The van der Waals surface area contributed by atoms with E-state index in [1.807, 2.05) is 18.7 Å². The fourth-order valence-electron chi connectivity index (χ4n) is 2.75. The molecule has 5 nitrogen and oxygen atoms in total. The first-order chi connectivity index (χ1) is 10.6. The molecule has 3 rings (SSSR count). The molecule has 5 heteroatoms. The SMILES string of the molecule is CCOCCc1nc(-c2cccc3c(C)c(C)[nH]c23)n(C)n1. The molecule has 0 spiro atoms. The van der Waals surface area contributed by atoms with Crippen LogP contribution in [0.4, 0.5) is 0 Å². The lowest BCUT2D eigenvalue weighted by Gasteiger charge is -2.02. The number of nitrogens with zero attached hydrogens (tertiary/aromatic N) is 3. The molecule has 0 amide bonds. The van der Waals surface area contributed by atoms with Gasteiger partial charge in [0.1, 0.15) is 0 Å². The van der Waals surface area contributed by atoms with Gasteiger partial charge < -0.3 is 9.72 Å². The van der Waals surface area contributed by atoms with Crippen LogP contribution >= 0.6 is 0 Å². The molecule has 0 aliphatic carbocycles. The molecule has 0 fully saturated rings. The first-order valence-electron chi connectivity index (χ1n) is 7.67. The van der Waals surface area contributed by atoms with Gasteiger partial charge >= 0.3 is 0 Å². The highest BCUT2D eigenvalue weighted by Gasteiger charge is 2.15. The number of para-hydroxylation sites is 1. The molecule has 0 radical (unpaired) electrons. The zero-order valence-electron chi connectivity index (χ0n) is 13.6. The number of hydrogen-bond acceptors (Lipinski definition) is 3. The number of hydrogen-bond donors (Lipinski definition) is 1. The lowest BCUT2D eigenvalue weighted by molar-refractivity contribution is 0.149. The lowest BCUT2D eigenvalue weighted by atomic mass is 10.1. The van der Waals surface area contributed by atoms with E-state index in [1.165, 1.54) is 16.6 Å². The number of H-pyrrole nitrogens is 1. The van der Waals surface area contributed by atoms with E-state index in [1.54, 1.807) is 0 Å². The summed E-state index contributed by atoms with van der Waals surface area (Å²) in [4.78, 5) is 8.17. The fourth-order valence-corrected chi connectivity index (χ4v) is 2.75. The van der Waals surface area contributed by atoms with Gasteiger partial charge in [0, 0.05) is 36.7 Å². The zero-order chi connectivity index (χ0) is 15.7. The molecule has 116 valence electrons. The minimum absolute atomic E-state index is 0.658. The van der Waals surface area contributed by atoms with Crippen molar-refractivity contribution in [1.82, 2.24) is 19.7 Å². The number of aryl methyl sites for hydroxylation is 3. The lowest BCUT2D eigenvalue weighted by Crippen LogP contribution is -2.00. The number of rotatable bonds is 5. The first kappa shape index (κ1) is 14.8. The van der Waals surface area contributed by atoms with E-state index < -0.39 is 0 Å². The summed E-state index contributed by atoms with van der Waals surface area (Å²) in [5.41, 5.74) is 4.70. The number of nitrogens with one attached hydrogen (secondary N) is 1. The van der Waals surface area contributed by atoms with Gasteiger partial charge in [-0.3, -0.25) is 0 Å². The van der Waals surface area contributed by atoms with Gasteiger partial charge in [0.25, 0.3) is 0 Å². The maximum atomic E-state index is 5.39. The van der Waals surface area contributed by atoms with E-state index in [4.69, 9.17) is 9.72 Å². The Hall–Kier alpha value is -2.14. The molecule has 0 atom stereocenters. The summed E-state index contributed by atoms with van der Waals surface area (Å²) >= 11 is 0. The third-order valence-corrected chi connectivity index (χ3v) is 4.07. The van der Waals surface area contributed by atoms with Crippen LogP contribution in [0, 0.1) is 13.8 Å². The average molecular weight is 298 g/mol. The van der Waals surface area contributed by atoms with Crippen molar-refractivity contribution in [2.24, 2.45) is 7.05 Å². The number of ether oxygens (including phenoxy) is 1. The summed E-state index contributed by atoms with van der Waals surface area (Å²) in [7, 11) is 1.94. The smallest absolute Gasteiger partial charge is 0.160 e. The Morgan fingerprint density at radius 2 is 2.09 bits per heavy atom. The van der Waals surface area contributed by atoms with E-state index in [0.717, 1.165) is 35.8 Å². The minimum atomic E-state index is 0.658. The normalized spacial score (nSPS) is 11.5. The van der Waals surface area contributed by atoms with E-state index in [0.29, 0.717) is 6.61 Å². The second-order valence-electron chi connectivity index (χ2n) is 5.53. The maximum absolute atomic E-state index is 5.39. The van der Waals surface area contributed by atoms with Crippen LogP contribution in [-0.2, 0) is 18.2 Å². The summed E-state index contributed by atoms with van der Waals surface area (Å²) in [5.74, 6) is 1.71. The van der Waals surface area contributed by atoms with Gasteiger partial charge in [-0.25, -0.2) is 9.67 Å². The van der Waals surface area contributed by atoms with E-state index in [-0.39, 0.29) is 0 Å². The molecule has 2 aromatic heterocycles. The van der Waals surface area contributed by atoms with Crippen LogP contribution in [0.5, 0.6) is 0 Å². The average Bonchev–Trinajstić information content (AvgIpc) is 3.01. The fraction of sp³-hybridized carbons (Fsp3) is 0.412. The molecule has 0 saturated carbocycles. The van der Waals surface area contributed by atoms with Gasteiger partial charge in [0.15, 0.2) is 11.6 Å². The van der Waals surface area contributed by atoms with Crippen molar-refractivity contribution in [3.63, 3.8) is 0 Å². The highest BCUT2D eigenvalue weighted by atomic mass is 16.5. The van der Waals surface area contributed by atoms with Gasteiger partial charge in [0.05, 0.1) is 12.1 Å². The van der Waals surface area contributed by atoms with Gasteiger partial charge in [-0.2, -0.15) is 5.10 Å². The second kappa shape index (κ2) is 5.93. The minimum Gasteiger partial charge on any atom is -0.381 e. The largest absolute Gasteiger partial charge is 0.381 e. The van der Waals surface area contributed by atoms with Crippen molar-refractivity contribution < 1.29 is 4.74 Å². The highest BCUT2D eigenvalue weighted by molar-refractivity contribution is 5.95. The van der Waals surface area contributed by atoms with Crippen molar-refractivity contribution in [2.45, 2.75) is 27.2 Å². The standard InChI is InChI=1S/C17H22N4O/c1-5-22-10-9-15-19-17(21(4)20-15)14-8-6-7-13-11(2)12(3)18-16(13)14/h6-8,18H,5,9-10H2,1-4H3. The van der Waals surface area contributed by atoms with Crippen molar-refractivity contribution >= 4 is 10.9 Å². The molecular weight excluding hydrogens is 276 g/mol. The Morgan fingerprint density at radius 3 is 2.86 bits per heavy atom. The molecule has 2 heterocycles. The first-order valence-corrected chi connectivity index (χ1v) is 7.67. The van der Waals surface area contributed by atoms with Crippen LogP contribution in [0.3, 0.4) is 0 Å². The third-order valence-electron chi connectivity index (χ3n) is 4.07. The van der Waals surface area contributed by atoms with Crippen LogP contribution in [0.1, 0.15) is 24.0 Å². The quantitative estimate of drug-likeness (QED) is 0.736. The molecule has 0 saturated heterocycles. The summed E-state index contributed by atoms with van der Waals surface area (Å²) in [5, 5.41) is 5.75. The van der Waals surface area contributed by atoms with Crippen LogP contribution < -0.4 is 0 Å². The van der Waals surface area contributed by atoms with E-state index in [2.05, 4.69) is 42.1 Å². The Balaban J connectivity index is 2.02. The van der Waals surface area contributed by atoms with Gasteiger partial charge in [0.2, 0.25) is 0 Å². The molecule has 1 N–H and O–H groups in total. The molecule has 0 unspecified atom stereocenters. The van der Waals surface area contributed by atoms with Crippen molar-refractivity contribution in [3.8, 4) is 11.4 Å². The van der Waals surface area contributed by atoms with Crippen LogP contribution in [0.2, 0.25) is 0 Å². The van der Waals surface area contributed by atoms with Gasteiger partial charge in [-0.05, 0) is 32.4 Å². The molecule has 0 bridgehead atoms. The number of aromatic amines is 1. The van der Waals surface area contributed by atoms with Gasteiger partial charge in [-0.1, -0.05) is 12.1 Å². The highest BCUT2D eigenvalue weighted by Crippen LogP contribution is 2.30. The van der Waals surface area contributed by atoms with E-state index in [9.17, 15) is 0 Å². The summed E-state index contributed by atoms with van der Waals surface area (Å²) < 4.78 is 7.23. The molecule has 0 aliphatic rings. The Kier molecular flexibility index (Phi) is 3.98. The molecule has 0 aliphatic heterocycles. The predicted molar refractivity (Wildman–Crippen MR) is 88.0 cm³/mol. The van der Waals surface area contributed by atoms with E-state index >= 15 is 0 Å². The zero-order valence-corrected chi connectivity index (χ0v) is 13.6. The number of fused-ring (bicyclic) bond motifs is 1. The molecule has 22 heavy (non-hydrogen) atoms. The molecule has 3 aromatic rings. The van der Waals surface area contributed by atoms with Crippen LogP contribution in [0.15, 0.2) is 18.2 Å². The monoisotopic (exact) mass is 298 g/mol. The Morgan fingerprint density at radius 1 is 1.27 bits per heavy atom. The molecule has 1 aromatic carbocycles. The predicted octanol–water partition coefficient (Wildman–Crippen LogP) is 3.16. The van der Waals surface area contributed by atoms with Crippen molar-refractivity contribution in [2.75, 3.05) is 13.2 Å². The Labute approximate surface area is 130 Å². The van der Waals surface area contributed by atoms with Crippen molar-refractivity contribution in [3.05, 3.63) is 35.3 Å². The maximum Gasteiger partial charge on any atom is 0.160 e. The second-order valence-corrected chi connectivity index (χ2v) is 5.53. The van der Waals surface area contributed by atoms with Crippen LogP contribution in [0.25, 0.3) is 22.3 Å².